The summed E-state index contributed by atoms with van der Waals surface area (Å²) in [5.74, 6) is 0. The molecule has 2 aliphatic heterocycles. The van der Waals surface area contributed by atoms with Crippen molar-refractivity contribution in [2.24, 2.45) is 0 Å². The predicted molar refractivity (Wildman–Crippen MR) is 120 cm³/mol. The quantitative estimate of drug-likeness (QED) is 0.442. The Morgan fingerprint density at radius 2 is 1.93 bits per heavy atom. The number of fused-ring (bicyclic) bond motifs is 6. The van der Waals surface area contributed by atoms with Gasteiger partial charge >= 0.3 is 0 Å². The lowest BCUT2D eigenvalue weighted by atomic mass is 9.97. The Morgan fingerprint density at radius 1 is 1.11 bits per heavy atom. The summed E-state index contributed by atoms with van der Waals surface area (Å²) >= 11 is 12.6. The van der Waals surface area contributed by atoms with E-state index in [1.807, 2.05) is 18.2 Å². The fourth-order valence-corrected chi connectivity index (χ4v) is 5.69. The van der Waals surface area contributed by atoms with Crippen molar-refractivity contribution in [1.29, 1.82) is 0 Å². The number of hydrogen-bond donors (Lipinski definition) is 0. The third-order valence-electron chi connectivity index (χ3n) is 6.59. The van der Waals surface area contributed by atoms with Crippen molar-refractivity contribution in [1.82, 2.24) is 9.47 Å². The summed E-state index contributed by atoms with van der Waals surface area (Å²) in [6.45, 7) is 4.31. The van der Waals surface area contributed by atoms with Gasteiger partial charge in [0, 0.05) is 45.8 Å². The van der Waals surface area contributed by atoms with Gasteiger partial charge in [0.15, 0.2) is 0 Å². The molecule has 2 aliphatic rings. The van der Waals surface area contributed by atoms with E-state index < -0.39 is 0 Å². The van der Waals surface area contributed by atoms with E-state index in [4.69, 9.17) is 23.2 Å². The maximum absolute atomic E-state index is 6.48. The molecule has 0 aliphatic carbocycles. The number of aromatic nitrogens is 1. The normalized spacial score (nSPS) is 22.1. The molecule has 0 radical (unpaired) electrons. The fraction of sp³-hybridized carbons (Fsp3) is 0.333. The van der Waals surface area contributed by atoms with Crippen LogP contribution in [0, 0.1) is 6.92 Å². The van der Waals surface area contributed by atoms with Crippen molar-refractivity contribution < 1.29 is 0 Å². The maximum Gasteiger partial charge on any atom is 0.0529 e. The highest BCUT2D eigenvalue weighted by atomic mass is 35.5. The molecule has 28 heavy (non-hydrogen) atoms. The van der Waals surface area contributed by atoms with Crippen molar-refractivity contribution >= 4 is 45.9 Å². The molecule has 3 aromatic rings. The van der Waals surface area contributed by atoms with Gasteiger partial charge in [-0.05, 0) is 74.7 Å². The zero-order valence-electron chi connectivity index (χ0n) is 16.5. The second-order valence-corrected chi connectivity index (χ2v) is 9.15. The monoisotopic (exact) mass is 410 g/mol. The fourth-order valence-electron chi connectivity index (χ4n) is 5.14. The number of rotatable bonds is 2. The van der Waals surface area contributed by atoms with Gasteiger partial charge in [-0.3, -0.25) is 4.90 Å². The highest BCUT2D eigenvalue weighted by Gasteiger charge is 2.40. The molecule has 5 rings (SSSR count). The number of nitrogens with zero attached hydrogens (tertiary/aromatic N) is 2. The van der Waals surface area contributed by atoms with Crippen LogP contribution in [0.4, 0.5) is 0 Å². The lowest BCUT2D eigenvalue weighted by Crippen LogP contribution is -2.34. The number of aryl methyl sites for hydroxylation is 1. The first-order valence-electron chi connectivity index (χ1n) is 9.93. The van der Waals surface area contributed by atoms with Crippen LogP contribution in [0.1, 0.15) is 48.2 Å². The van der Waals surface area contributed by atoms with Crippen LogP contribution >= 0.6 is 23.2 Å². The average Bonchev–Trinajstić information content (AvgIpc) is 3.05. The van der Waals surface area contributed by atoms with Crippen LogP contribution in [0.5, 0.6) is 0 Å². The highest BCUT2D eigenvalue weighted by molar-refractivity contribution is 6.35. The number of benzene rings is 2. The average molecular weight is 411 g/mol. The Hall–Kier alpha value is -1.74. The Labute approximate surface area is 176 Å². The summed E-state index contributed by atoms with van der Waals surface area (Å²) in [6, 6.07) is 13.8. The predicted octanol–water partition coefficient (Wildman–Crippen LogP) is 6.97. The molecule has 2 atom stereocenters. The first-order valence-corrected chi connectivity index (χ1v) is 10.7. The molecule has 2 aromatic carbocycles. The summed E-state index contributed by atoms with van der Waals surface area (Å²) in [4.78, 5) is 2.58. The third kappa shape index (κ3) is 2.74. The van der Waals surface area contributed by atoms with Gasteiger partial charge in [0.25, 0.3) is 0 Å². The molecule has 0 saturated carbocycles. The minimum absolute atomic E-state index is 0.534. The van der Waals surface area contributed by atoms with Crippen molar-refractivity contribution in [2.45, 2.75) is 45.2 Å². The minimum atomic E-state index is 0.534. The molecule has 0 N–H and O–H groups in total. The van der Waals surface area contributed by atoms with Crippen molar-refractivity contribution in [2.75, 3.05) is 7.05 Å². The maximum atomic E-state index is 6.48. The smallest absolute Gasteiger partial charge is 0.0529 e. The summed E-state index contributed by atoms with van der Waals surface area (Å²) < 4.78 is 2.42. The van der Waals surface area contributed by atoms with E-state index in [-0.39, 0.29) is 0 Å². The first-order chi connectivity index (χ1) is 13.4. The van der Waals surface area contributed by atoms with E-state index >= 15 is 0 Å². The highest BCUT2D eigenvalue weighted by Crippen LogP contribution is 2.47. The Bertz CT molecular complexity index is 1130. The number of hydrogen-bond acceptors (Lipinski definition) is 1. The zero-order chi connectivity index (χ0) is 19.6. The molecule has 2 bridgehead atoms. The van der Waals surface area contributed by atoms with Crippen LogP contribution in [0.3, 0.4) is 0 Å². The van der Waals surface area contributed by atoms with E-state index in [1.54, 1.807) is 0 Å². The topological polar surface area (TPSA) is 8.17 Å². The third-order valence-corrected chi connectivity index (χ3v) is 7.13. The van der Waals surface area contributed by atoms with Crippen LogP contribution in [0.15, 0.2) is 36.4 Å². The van der Waals surface area contributed by atoms with Crippen LogP contribution < -0.4 is 0 Å². The molecule has 1 aromatic heterocycles. The summed E-state index contributed by atoms with van der Waals surface area (Å²) in [5.41, 5.74) is 7.78. The van der Waals surface area contributed by atoms with Crippen LogP contribution in [-0.2, 0) is 6.42 Å². The van der Waals surface area contributed by atoms with Crippen molar-refractivity contribution in [3.63, 3.8) is 0 Å². The van der Waals surface area contributed by atoms with Gasteiger partial charge in [0.1, 0.15) is 0 Å². The van der Waals surface area contributed by atoms with Gasteiger partial charge in [-0.25, -0.2) is 0 Å². The lowest BCUT2D eigenvalue weighted by molar-refractivity contribution is 0.223. The van der Waals surface area contributed by atoms with E-state index in [2.05, 4.69) is 54.8 Å². The van der Waals surface area contributed by atoms with Crippen molar-refractivity contribution in [3.05, 3.63) is 68.8 Å². The Balaban J connectivity index is 1.73. The molecule has 0 spiro atoms. The number of halogens is 2. The number of allylic oxidation sites excluding steroid dienone is 1. The van der Waals surface area contributed by atoms with Gasteiger partial charge in [0.05, 0.1) is 5.52 Å². The molecule has 2 unspecified atom stereocenters. The van der Waals surface area contributed by atoms with E-state index in [0.717, 1.165) is 17.6 Å². The molecule has 4 heteroatoms. The van der Waals surface area contributed by atoms with Crippen LogP contribution in [-0.4, -0.2) is 22.6 Å². The van der Waals surface area contributed by atoms with Gasteiger partial charge in [0.2, 0.25) is 0 Å². The molecular formula is C24H24Cl2N2. The molecule has 1 saturated heterocycles. The molecule has 1 fully saturated rings. The second kappa shape index (κ2) is 6.66. The van der Waals surface area contributed by atoms with E-state index in [1.165, 1.54) is 40.6 Å². The molecule has 3 heterocycles. The molecule has 0 amide bonds. The standard InChI is InChI=1S/C24H24Cl2N2/c1-14-4-8-21-19(10-14)24-22-9-6-17(27(22)3)12-23(24)28(21)13-15(2)18-7-5-16(25)11-20(18)26/h4-5,7-8,10-11,13,17,22H,6,9,12H2,1-3H3. The SMILES string of the molecule is CC(=Cn1c2c(c3cc(C)ccc31)C1CCC(C2)N1C)c1ccc(Cl)cc1Cl. The van der Waals surface area contributed by atoms with E-state index in [9.17, 15) is 0 Å². The van der Waals surface area contributed by atoms with E-state index in [0.29, 0.717) is 22.1 Å². The van der Waals surface area contributed by atoms with Crippen LogP contribution in [0.2, 0.25) is 10.0 Å². The summed E-state index contributed by atoms with van der Waals surface area (Å²) in [7, 11) is 2.29. The number of likely N-dealkylation sites (N-methyl/N-ethyl adjacent to an activating group) is 1. The van der Waals surface area contributed by atoms with Gasteiger partial charge in [-0.1, -0.05) is 40.9 Å². The second-order valence-electron chi connectivity index (χ2n) is 8.30. The van der Waals surface area contributed by atoms with Crippen molar-refractivity contribution in [3.8, 4) is 0 Å². The largest absolute Gasteiger partial charge is 0.320 e. The van der Waals surface area contributed by atoms with Gasteiger partial charge in [-0.15, -0.1) is 0 Å². The molecular weight excluding hydrogens is 387 g/mol. The van der Waals surface area contributed by atoms with Crippen LogP contribution in [0.25, 0.3) is 22.7 Å². The Kier molecular flexibility index (Phi) is 4.35. The first kappa shape index (κ1) is 18.3. The lowest BCUT2D eigenvalue weighted by Gasteiger charge is -2.32. The van der Waals surface area contributed by atoms with Gasteiger partial charge in [-0.2, -0.15) is 0 Å². The molecule has 2 nitrogen and oxygen atoms in total. The minimum Gasteiger partial charge on any atom is -0.320 e. The molecule has 144 valence electrons. The zero-order valence-corrected chi connectivity index (χ0v) is 18.0. The summed E-state index contributed by atoms with van der Waals surface area (Å²) in [6.07, 6.45) is 5.91. The summed E-state index contributed by atoms with van der Waals surface area (Å²) in [5, 5.41) is 2.76. The van der Waals surface area contributed by atoms with Gasteiger partial charge < -0.3 is 4.57 Å². The Morgan fingerprint density at radius 3 is 2.71 bits per heavy atom.